The van der Waals surface area contributed by atoms with Crippen molar-refractivity contribution < 1.29 is 18.3 Å². The Morgan fingerprint density at radius 1 is 1.14 bits per heavy atom. The highest BCUT2D eigenvalue weighted by molar-refractivity contribution is 7.89. The molecule has 5 nitrogen and oxygen atoms in total. The SMILES string of the molecule is CCCCOc1ccc2cc(S(=O)(=O)NCCO)ccc2c1. The maximum Gasteiger partial charge on any atom is 0.240 e. The molecule has 2 rings (SSSR count). The molecule has 0 amide bonds. The summed E-state index contributed by atoms with van der Waals surface area (Å²) in [7, 11) is -3.58. The molecule has 0 heterocycles. The van der Waals surface area contributed by atoms with Crippen LogP contribution < -0.4 is 9.46 Å². The van der Waals surface area contributed by atoms with E-state index >= 15 is 0 Å². The second-order valence-electron chi connectivity index (χ2n) is 4.99. The van der Waals surface area contributed by atoms with Crippen molar-refractivity contribution in [3.05, 3.63) is 36.4 Å². The van der Waals surface area contributed by atoms with Crippen LogP contribution in [0.4, 0.5) is 0 Å². The fourth-order valence-corrected chi connectivity index (χ4v) is 3.11. The molecule has 0 aromatic heterocycles. The molecule has 0 unspecified atom stereocenters. The van der Waals surface area contributed by atoms with Gasteiger partial charge in [0.05, 0.1) is 18.1 Å². The summed E-state index contributed by atoms with van der Waals surface area (Å²) >= 11 is 0. The molecule has 2 N–H and O–H groups in total. The normalized spacial score (nSPS) is 11.7. The van der Waals surface area contributed by atoms with E-state index in [0.29, 0.717) is 6.61 Å². The van der Waals surface area contributed by atoms with E-state index in [-0.39, 0.29) is 18.0 Å². The second-order valence-corrected chi connectivity index (χ2v) is 6.76. The molecule has 0 aliphatic heterocycles. The van der Waals surface area contributed by atoms with Gasteiger partial charge in [0, 0.05) is 6.54 Å². The average Bonchev–Trinajstić information content (AvgIpc) is 2.52. The van der Waals surface area contributed by atoms with Gasteiger partial charge in [0.1, 0.15) is 5.75 Å². The Morgan fingerprint density at radius 3 is 2.59 bits per heavy atom. The number of hydrogen-bond acceptors (Lipinski definition) is 4. The lowest BCUT2D eigenvalue weighted by atomic mass is 10.1. The molecule has 22 heavy (non-hydrogen) atoms. The number of ether oxygens (including phenoxy) is 1. The third-order valence-electron chi connectivity index (χ3n) is 3.26. The van der Waals surface area contributed by atoms with Crippen LogP contribution in [0.15, 0.2) is 41.3 Å². The minimum atomic E-state index is -3.58. The number of nitrogens with one attached hydrogen (secondary N) is 1. The maximum atomic E-state index is 12.0. The second kappa shape index (κ2) is 7.58. The van der Waals surface area contributed by atoms with Crippen molar-refractivity contribution in [1.29, 1.82) is 0 Å². The molecule has 0 atom stereocenters. The van der Waals surface area contributed by atoms with E-state index in [1.165, 1.54) is 0 Å². The van der Waals surface area contributed by atoms with Crippen molar-refractivity contribution in [3.8, 4) is 5.75 Å². The third-order valence-corrected chi connectivity index (χ3v) is 4.72. The van der Waals surface area contributed by atoms with E-state index in [1.807, 2.05) is 18.2 Å². The van der Waals surface area contributed by atoms with Crippen LogP contribution in [0.5, 0.6) is 5.75 Å². The van der Waals surface area contributed by atoms with Crippen molar-refractivity contribution in [3.63, 3.8) is 0 Å². The lowest BCUT2D eigenvalue weighted by Gasteiger charge is -2.09. The minimum absolute atomic E-state index is 0.00454. The summed E-state index contributed by atoms with van der Waals surface area (Å²) in [6.45, 7) is 2.56. The lowest BCUT2D eigenvalue weighted by Crippen LogP contribution is -2.26. The minimum Gasteiger partial charge on any atom is -0.494 e. The zero-order chi connectivity index (χ0) is 16.0. The van der Waals surface area contributed by atoms with E-state index in [9.17, 15) is 8.42 Å². The first-order valence-corrected chi connectivity index (χ1v) is 8.82. The van der Waals surface area contributed by atoms with Crippen LogP contribution in [-0.4, -0.2) is 33.3 Å². The number of aliphatic hydroxyl groups is 1. The number of unbranched alkanes of at least 4 members (excludes halogenated alkanes) is 1. The highest BCUT2D eigenvalue weighted by Crippen LogP contribution is 2.24. The number of benzene rings is 2. The summed E-state index contributed by atoms with van der Waals surface area (Å²) in [6.07, 6.45) is 2.08. The molecule has 2 aromatic carbocycles. The molecule has 0 bridgehead atoms. The Hall–Kier alpha value is -1.63. The monoisotopic (exact) mass is 323 g/mol. The molecular weight excluding hydrogens is 302 g/mol. The lowest BCUT2D eigenvalue weighted by molar-refractivity contribution is 0.301. The summed E-state index contributed by atoms with van der Waals surface area (Å²) in [4.78, 5) is 0.188. The Labute approximate surface area is 131 Å². The first kappa shape index (κ1) is 16.7. The Balaban J connectivity index is 2.23. The number of rotatable bonds is 8. The van der Waals surface area contributed by atoms with Crippen molar-refractivity contribution in [2.24, 2.45) is 0 Å². The van der Waals surface area contributed by atoms with Gasteiger partial charge in [-0.2, -0.15) is 0 Å². The zero-order valence-corrected chi connectivity index (χ0v) is 13.4. The van der Waals surface area contributed by atoms with Gasteiger partial charge in [0.15, 0.2) is 0 Å². The molecule has 0 aliphatic carbocycles. The van der Waals surface area contributed by atoms with Gasteiger partial charge in [0.2, 0.25) is 10.0 Å². The highest BCUT2D eigenvalue weighted by atomic mass is 32.2. The van der Waals surface area contributed by atoms with E-state index < -0.39 is 10.0 Å². The van der Waals surface area contributed by atoms with E-state index in [4.69, 9.17) is 9.84 Å². The molecule has 0 spiro atoms. The molecular formula is C16H21NO4S. The number of aliphatic hydroxyl groups excluding tert-OH is 1. The van der Waals surface area contributed by atoms with Gasteiger partial charge in [-0.3, -0.25) is 0 Å². The molecule has 2 aromatic rings. The predicted molar refractivity (Wildman–Crippen MR) is 86.6 cm³/mol. The Morgan fingerprint density at radius 2 is 1.86 bits per heavy atom. The largest absolute Gasteiger partial charge is 0.494 e. The van der Waals surface area contributed by atoms with Gasteiger partial charge < -0.3 is 9.84 Å². The van der Waals surface area contributed by atoms with Crippen LogP contribution in [0.2, 0.25) is 0 Å². The first-order valence-electron chi connectivity index (χ1n) is 7.34. The maximum absolute atomic E-state index is 12.0. The Bertz CT molecular complexity index is 728. The molecule has 120 valence electrons. The van der Waals surface area contributed by atoms with Gasteiger partial charge in [0.25, 0.3) is 0 Å². The van der Waals surface area contributed by atoms with Crippen LogP contribution in [0.25, 0.3) is 10.8 Å². The van der Waals surface area contributed by atoms with Crippen LogP contribution in [0.1, 0.15) is 19.8 Å². The predicted octanol–water partition coefficient (Wildman–Crippen LogP) is 2.29. The highest BCUT2D eigenvalue weighted by Gasteiger charge is 2.13. The quantitative estimate of drug-likeness (QED) is 0.731. The van der Waals surface area contributed by atoms with E-state index in [1.54, 1.807) is 18.2 Å². The number of fused-ring (bicyclic) bond motifs is 1. The summed E-state index contributed by atoms with van der Waals surface area (Å²) in [5.74, 6) is 0.787. The van der Waals surface area contributed by atoms with Gasteiger partial charge in [-0.1, -0.05) is 25.5 Å². The van der Waals surface area contributed by atoms with Gasteiger partial charge >= 0.3 is 0 Å². The van der Waals surface area contributed by atoms with E-state index in [2.05, 4.69) is 11.6 Å². The number of hydrogen-bond donors (Lipinski definition) is 2. The average molecular weight is 323 g/mol. The number of sulfonamides is 1. The summed E-state index contributed by atoms with van der Waals surface area (Å²) in [5, 5.41) is 10.5. The smallest absolute Gasteiger partial charge is 0.240 e. The van der Waals surface area contributed by atoms with Gasteiger partial charge in [-0.05, 0) is 41.5 Å². The van der Waals surface area contributed by atoms with Crippen molar-refractivity contribution >= 4 is 20.8 Å². The fraction of sp³-hybridized carbons (Fsp3) is 0.375. The fourth-order valence-electron chi connectivity index (χ4n) is 2.06. The topological polar surface area (TPSA) is 75.6 Å². The van der Waals surface area contributed by atoms with Crippen molar-refractivity contribution in [2.75, 3.05) is 19.8 Å². The van der Waals surface area contributed by atoms with Crippen LogP contribution in [0.3, 0.4) is 0 Å². The standard InChI is InChI=1S/C16H21NO4S/c1-2-3-10-21-15-6-4-14-12-16(7-5-13(14)11-15)22(19,20)17-8-9-18/h4-7,11-12,17-18H,2-3,8-10H2,1H3. The van der Waals surface area contributed by atoms with Gasteiger partial charge in [-0.25, -0.2) is 13.1 Å². The molecule has 0 fully saturated rings. The molecule has 0 saturated heterocycles. The summed E-state index contributed by atoms with van der Waals surface area (Å²) < 4.78 is 32.0. The molecule has 0 radical (unpaired) electrons. The van der Waals surface area contributed by atoms with Crippen LogP contribution in [0, 0.1) is 0 Å². The first-order chi connectivity index (χ1) is 10.6. The summed E-state index contributed by atoms with van der Waals surface area (Å²) in [5.41, 5.74) is 0. The van der Waals surface area contributed by atoms with E-state index in [0.717, 1.165) is 29.4 Å². The Kier molecular flexibility index (Phi) is 5.76. The summed E-state index contributed by atoms with van der Waals surface area (Å²) in [6, 6.07) is 10.5. The molecule has 0 aliphatic rings. The molecule has 6 heteroatoms. The van der Waals surface area contributed by atoms with Gasteiger partial charge in [-0.15, -0.1) is 0 Å². The van der Waals surface area contributed by atoms with Crippen LogP contribution >= 0.6 is 0 Å². The molecule has 0 saturated carbocycles. The van der Waals surface area contributed by atoms with Crippen molar-refractivity contribution in [1.82, 2.24) is 4.72 Å². The third kappa shape index (κ3) is 4.19. The zero-order valence-electron chi connectivity index (χ0n) is 12.6. The van der Waals surface area contributed by atoms with Crippen molar-refractivity contribution in [2.45, 2.75) is 24.7 Å². The van der Waals surface area contributed by atoms with Crippen LogP contribution in [-0.2, 0) is 10.0 Å².